The summed E-state index contributed by atoms with van der Waals surface area (Å²) in [5.74, 6) is 1.20. The Kier molecular flexibility index (Phi) is 5.68. The Morgan fingerprint density at radius 1 is 1.20 bits per heavy atom. The third-order valence-electron chi connectivity index (χ3n) is 2.38. The van der Waals surface area contributed by atoms with Crippen LogP contribution in [-0.2, 0) is 10.1 Å². The minimum atomic E-state index is -0.554. The van der Waals surface area contributed by atoms with E-state index in [4.69, 9.17) is 14.2 Å². The fourth-order valence-corrected chi connectivity index (χ4v) is 2.02. The molecule has 112 valence electrons. The van der Waals surface area contributed by atoms with Crippen molar-refractivity contribution >= 4 is 27.7 Å². The lowest BCUT2D eigenvalue weighted by Crippen LogP contribution is -2.27. The van der Waals surface area contributed by atoms with Gasteiger partial charge in [0.1, 0.15) is 17.1 Å². The van der Waals surface area contributed by atoms with Crippen LogP contribution in [0.5, 0.6) is 11.5 Å². The van der Waals surface area contributed by atoms with Gasteiger partial charge in [-0.25, -0.2) is 4.79 Å². The Morgan fingerprint density at radius 2 is 1.80 bits per heavy atom. The zero-order valence-electron chi connectivity index (χ0n) is 12.4. The second-order valence-electron chi connectivity index (χ2n) is 5.12. The maximum atomic E-state index is 11.8. The average Bonchev–Trinajstić information content (AvgIpc) is 2.35. The van der Waals surface area contributed by atoms with Crippen LogP contribution in [0.4, 0.5) is 10.5 Å². The number of hydrogen-bond acceptors (Lipinski definition) is 4. The van der Waals surface area contributed by atoms with E-state index < -0.39 is 11.7 Å². The summed E-state index contributed by atoms with van der Waals surface area (Å²) in [5, 5.41) is 3.28. The zero-order valence-corrected chi connectivity index (χ0v) is 14.0. The topological polar surface area (TPSA) is 56.8 Å². The number of alkyl halides is 1. The molecule has 6 heteroatoms. The van der Waals surface area contributed by atoms with Crippen LogP contribution in [0, 0.1) is 0 Å². The van der Waals surface area contributed by atoms with Gasteiger partial charge in [-0.05, 0) is 26.8 Å². The maximum absolute atomic E-state index is 11.8. The lowest BCUT2D eigenvalue weighted by Gasteiger charge is -2.21. The first-order chi connectivity index (χ1) is 9.30. The van der Waals surface area contributed by atoms with Gasteiger partial charge in [-0.3, -0.25) is 5.32 Å². The predicted molar refractivity (Wildman–Crippen MR) is 82.0 cm³/mol. The van der Waals surface area contributed by atoms with E-state index in [1.165, 1.54) is 7.11 Å². The van der Waals surface area contributed by atoms with Crippen molar-refractivity contribution in [2.24, 2.45) is 0 Å². The van der Waals surface area contributed by atoms with Gasteiger partial charge < -0.3 is 14.2 Å². The largest absolute Gasteiger partial charge is 0.496 e. The van der Waals surface area contributed by atoms with Crippen molar-refractivity contribution < 1.29 is 19.0 Å². The monoisotopic (exact) mass is 345 g/mol. The molecule has 0 heterocycles. The molecule has 0 bridgehead atoms. The molecule has 0 atom stereocenters. The van der Waals surface area contributed by atoms with Crippen molar-refractivity contribution in [3.63, 3.8) is 0 Å². The standard InChI is InChI=1S/C14H20BrNO4/c1-14(2,3)20-13(17)16-10-6-9(8-15)11(18-4)7-12(10)19-5/h6-7H,8H2,1-5H3,(H,16,17). The van der Waals surface area contributed by atoms with E-state index in [0.717, 1.165) is 5.56 Å². The van der Waals surface area contributed by atoms with E-state index >= 15 is 0 Å². The number of carbonyl (C=O) groups excluding carboxylic acids is 1. The van der Waals surface area contributed by atoms with Crippen LogP contribution in [0.1, 0.15) is 26.3 Å². The summed E-state index contributed by atoms with van der Waals surface area (Å²) in [6, 6.07) is 3.51. The van der Waals surface area contributed by atoms with Crippen LogP contribution in [-0.4, -0.2) is 25.9 Å². The first-order valence-electron chi connectivity index (χ1n) is 6.11. The number of amides is 1. The van der Waals surface area contributed by atoms with Crippen molar-refractivity contribution in [2.75, 3.05) is 19.5 Å². The first-order valence-corrected chi connectivity index (χ1v) is 7.23. The summed E-state index contributed by atoms with van der Waals surface area (Å²) in [6.07, 6.45) is -0.526. The van der Waals surface area contributed by atoms with Gasteiger partial charge in [0, 0.05) is 17.0 Å². The van der Waals surface area contributed by atoms with Crippen molar-refractivity contribution in [2.45, 2.75) is 31.7 Å². The van der Waals surface area contributed by atoms with Crippen LogP contribution in [0.15, 0.2) is 12.1 Å². The minimum Gasteiger partial charge on any atom is -0.496 e. The minimum absolute atomic E-state index is 0.511. The lowest BCUT2D eigenvalue weighted by molar-refractivity contribution is 0.0635. The quantitative estimate of drug-likeness (QED) is 0.839. The highest BCUT2D eigenvalue weighted by atomic mass is 79.9. The predicted octanol–water partition coefficient (Wildman–Crippen LogP) is 3.95. The van der Waals surface area contributed by atoms with Gasteiger partial charge in [0.25, 0.3) is 0 Å². The fourth-order valence-electron chi connectivity index (χ4n) is 1.58. The number of benzene rings is 1. The number of hydrogen-bond donors (Lipinski definition) is 1. The second kappa shape index (κ2) is 6.83. The van der Waals surface area contributed by atoms with Gasteiger partial charge in [0.05, 0.1) is 19.9 Å². The Labute approximate surface area is 127 Å². The van der Waals surface area contributed by atoms with Gasteiger partial charge in [-0.1, -0.05) is 15.9 Å². The van der Waals surface area contributed by atoms with Gasteiger partial charge in [0.2, 0.25) is 0 Å². The molecule has 0 aromatic heterocycles. The van der Waals surface area contributed by atoms with Gasteiger partial charge in [-0.2, -0.15) is 0 Å². The van der Waals surface area contributed by atoms with E-state index in [1.54, 1.807) is 19.2 Å². The number of nitrogens with one attached hydrogen (secondary N) is 1. The number of ether oxygens (including phenoxy) is 3. The molecule has 0 aliphatic carbocycles. The molecular weight excluding hydrogens is 326 g/mol. The molecule has 0 fully saturated rings. The van der Waals surface area contributed by atoms with E-state index in [1.807, 2.05) is 20.8 Å². The molecule has 1 amide bonds. The van der Waals surface area contributed by atoms with Crippen molar-refractivity contribution in [1.82, 2.24) is 0 Å². The molecule has 1 aromatic carbocycles. The zero-order chi connectivity index (χ0) is 15.3. The Hall–Kier alpha value is -1.43. The van der Waals surface area contributed by atoms with E-state index in [2.05, 4.69) is 21.2 Å². The van der Waals surface area contributed by atoms with Crippen molar-refractivity contribution in [3.8, 4) is 11.5 Å². The summed E-state index contributed by atoms with van der Waals surface area (Å²) in [7, 11) is 3.12. The molecular formula is C14H20BrNO4. The first kappa shape index (κ1) is 16.6. The molecule has 0 saturated heterocycles. The van der Waals surface area contributed by atoms with Crippen molar-refractivity contribution in [1.29, 1.82) is 0 Å². The number of anilines is 1. The fraction of sp³-hybridized carbons (Fsp3) is 0.500. The van der Waals surface area contributed by atoms with Gasteiger partial charge in [0.15, 0.2) is 0 Å². The SMILES string of the molecule is COc1cc(OC)c(NC(=O)OC(C)(C)C)cc1CBr. The number of halogens is 1. The molecule has 1 N–H and O–H groups in total. The van der Waals surface area contributed by atoms with Crippen LogP contribution in [0.2, 0.25) is 0 Å². The van der Waals surface area contributed by atoms with Gasteiger partial charge in [-0.15, -0.1) is 0 Å². The van der Waals surface area contributed by atoms with Crippen LogP contribution >= 0.6 is 15.9 Å². The van der Waals surface area contributed by atoms with Crippen molar-refractivity contribution in [3.05, 3.63) is 17.7 Å². The van der Waals surface area contributed by atoms with E-state index in [9.17, 15) is 4.79 Å². The number of rotatable bonds is 4. The molecule has 20 heavy (non-hydrogen) atoms. The molecule has 0 unspecified atom stereocenters. The molecule has 1 rings (SSSR count). The normalized spacial score (nSPS) is 10.9. The Balaban J connectivity index is 3.02. The number of methoxy groups -OCH3 is 2. The van der Waals surface area contributed by atoms with E-state index in [-0.39, 0.29) is 0 Å². The molecule has 0 spiro atoms. The highest BCUT2D eigenvalue weighted by molar-refractivity contribution is 9.08. The van der Waals surface area contributed by atoms with Crippen LogP contribution in [0.25, 0.3) is 0 Å². The second-order valence-corrected chi connectivity index (χ2v) is 5.69. The third-order valence-corrected chi connectivity index (χ3v) is 2.99. The molecule has 1 aromatic rings. The Morgan fingerprint density at radius 3 is 2.25 bits per heavy atom. The highest BCUT2D eigenvalue weighted by Crippen LogP contribution is 2.34. The molecule has 0 saturated carbocycles. The molecule has 0 aliphatic rings. The summed E-state index contributed by atoms with van der Waals surface area (Å²) < 4.78 is 15.7. The summed E-state index contributed by atoms with van der Waals surface area (Å²) >= 11 is 3.38. The number of carbonyl (C=O) groups is 1. The Bertz CT molecular complexity index is 483. The van der Waals surface area contributed by atoms with Gasteiger partial charge >= 0.3 is 6.09 Å². The summed E-state index contributed by atoms with van der Waals surface area (Å²) in [5.41, 5.74) is 0.888. The molecule has 5 nitrogen and oxygen atoms in total. The summed E-state index contributed by atoms with van der Waals surface area (Å²) in [4.78, 5) is 11.8. The van der Waals surface area contributed by atoms with Crippen LogP contribution < -0.4 is 14.8 Å². The average molecular weight is 346 g/mol. The highest BCUT2D eigenvalue weighted by Gasteiger charge is 2.18. The molecule has 0 radical (unpaired) electrons. The summed E-state index contributed by atoms with van der Waals surface area (Å²) in [6.45, 7) is 5.42. The van der Waals surface area contributed by atoms with E-state index in [0.29, 0.717) is 22.5 Å². The van der Waals surface area contributed by atoms with Crippen LogP contribution in [0.3, 0.4) is 0 Å². The molecule has 0 aliphatic heterocycles. The lowest BCUT2D eigenvalue weighted by atomic mass is 10.2. The third kappa shape index (κ3) is 4.59. The maximum Gasteiger partial charge on any atom is 0.412 e. The smallest absolute Gasteiger partial charge is 0.412 e.